The maximum atomic E-state index is 11.6. The lowest BCUT2D eigenvalue weighted by Gasteiger charge is -2.05. The predicted octanol–water partition coefficient (Wildman–Crippen LogP) is 4.56. The lowest BCUT2D eigenvalue weighted by molar-refractivity contribution is 0.140. The molecule has 0 aliphatic rings. The zero-order valence-corrected chi connectivity index (χ0v) is 13.9. The predicted molar refractivity (Wildman–Crippen MR) is 100 cm³/mol. The van der Waals surface area contributed by atoms with Crippen LogP contribution in [0.1, 0.15) is 17.5 Å². The van der Waals surface area contributed by atoms with Gasteiger partial charge in [0.2, 0.25) is 0 Å². The summed E-state index contributed by atoms with van der Waals surface area (Å²) in [6, 6.07) is 17.9. The van der Waals surface area contributed by atoms with Gasteiger partial charge in [-0.2, -0.15) is 0 Å². The first kappa shape index (κ1) is 16.7. The standard InChI is InChI=1S/C21H20N2O2/c24-21(25-16-18-7-2-1-3-8-18)23-12-5-4-6-17-9-10-20-15-22-13-11-19(20)14-17/h1-4,6-11,13-15H,5,12,16H2,(H,23,24). The number of fused-ring (bicyclic) bond motifs is 1. The van der Waals surface area contributed by atoms with Crippen molar-refractivity contribution < 1.29 is 9.53 Å². The quantitative estimate of drug-likeness (QED) is 0.673. The van der Waals surface area contributed by atoms with Crippen molar-refractivity contribution in [1.29, 1.82) is 0 Å². The molecule has 2 aromatic carbocycles. The number of benzene rings is 2. The van der Waals surface area contributed by atoms with Crippen LogP contribution in [0.4, 0.5) is 4.79 Å². The fourth-order valence-corrected chi connectivity index (χ4v) is 2.46. The molecule has 25 heavy (non-hydrogen) atoms. The number of amides is 1. The third-order valence-corrected chi connectivity index (χ3v) is 3.77. The van der Waals surface area contributed by atoms with Gasteiger partial charge in [0.25, 0.3) is 0 Å². The molecule has 0 saturated carbocycles. The Labute approximate surface area is 147 Å². The summed E-state index contributed by atoms with van der Waals surface area (Å²) in [5.41, 5.74) is 2.11. The van der Waals surface area contributed by atoms with E-state index in [1.807, 2.05) is 48.7 Å². The molecule has 0 atom stereocenters. The van der Waals surface area contributed by atoms with Crippen molar-refractivity contribution in [3.63, 3.8) is 0 Å². The minimum absolute atomic E-state index is 0.286. The molecule has 126 valence electrons. The second-order valence-electron chi connectivity index (χ2n) is 5.66. The van der Waals surface area contributed by atoms with Gasteiger partial charge < -0.3 is 10.1 Å². The van der Waals surface area contributed by atoms with E-state index in [1.165, 1.54) is 5.39 Å². The molecular weight excluding hydrogens is 312 g/mol. The van der Waals surface area contributed by atoms with Gasteiger partial charge in [0.1, 0.15) is 6.61 Å². The van der Waals surface area contributed by atoms with Gasteiger partial charge in [-0.1, -0.05) is 54.6 Å². The molecule has 3 aromatic rings. The molecule has 0 saturated heterocycles. The Hall–Kier alpha value is -3.14. The second-order valence-corrected chi connectivity index (χ2v) is 5.66. The Morgan fingerprint density at radius 3 is 2.84 bits per heavy atom. The average molecular weight is 332 g/mol. The van der Waals surface area contributed by atoms with Crippen LogP contribution in [0.3, 0.4) is 0 Å². The number of nitrogens with zero attached hydrogens (tertiary/aromatic N) is 1. The van der Waals surface area contributed by atoms with Crippen molar-refractivity contribution in [2.24, 2.45) is 0 Å². The summed E-state index contributed by atoms with van der Waals surface area (Å²) in [4.78, 5) is 15.7. The fourth-order valence-electron chi connectivity index (χ4n) is 2.46. The van der Waals surface area contributed by atoms with Crippen LogP contribution in [0.2, 0.25) is 0 Å². The van der Waals surface area contributed by atoms with Crippen molar-refractivity contribution in [3.05, 3.63) is 84.2 Å². The highest BCUT2D eigenvalue weighted by Crippen LogP contribution is 2.15. The van der Waals surface area contributed by atoms with Crippen molar-refractivity contribution in [1.82, 2.24) is 10.3 Å². The van der Waals surface area contributed by atoms with Gasteiger partial charge in [-0.25, -0.2) is 4.79 Å². The van der Waals surface area contributed by atoms with Crippen LogP contribution in [0.25, 0.3) is 16.8 Å². The van der Waals surface area contributed by atoms with Gasteiger partial charge in [0.15, 0.2) is 0 Å². The number of hydrogen-bond acceptors (Lipinski definition) is 3. The van der Waals surface area contributed by atoms with E-state index in [9.17, 15) is 4.79 Å². The van der Waals surface area contributed by atoms with Gasteiger partial charge in [-0.3, -0.25) is 4.98 Å². The van der Waals surface area contributed by atoms with E-state index in [-0.39, 0.29) is 6.61 Å². The molecule has 4 nitrogen and oxygen atoms in total. The van der Waals surface area contributed by atoms with Gasteiger partial charge in [0, 0.05) is 24.3 Å². The molecule has 0 spiro atoms. The Kier molecular flexibility index (Phi) is 5.77. The molecule has 1 N–H and O–H groups in total. The first-order valence-electron chi connectivity index (χ1n) is 8.26. The van der Waals surface area contributed by atoms with Crippen molar-refractivity contribution in [2.75, 3.05) is 6.54 Å². The number of ether oxygens (including phenoxy) is 1. The molecular formula is C21H20N2O2. The maximum absolute atomic E-state index is 11.6. The van der Waals surface area contributed by atoms with Crippen LogP contribution in [0.15, 0.2) is 73.1 Å². The van der Waals surface area contributed by atoms with E-state index in [0.29, 0.717) is 6.54 Å². The van der Waals surface area contributed by atoms with Gasteiger partial charge in [-0.05, 0) is 35.1 Å². The van der Waals surface area contributed by atoms with E-state index in [0.717, 1.165) is 22.9 Å². The zero-order valence-electron chi connectivity index (χ0n) is 13.9. The summed E-state index contributed by atoms with van der Waals surface area (Å²) in [6.07, 6.45) is 8.09. The molecule has 0 aliphatic heterocycles. The SMILES string of the molecule is O=C(NCCC=Cc1ccc2cnccc2c1)OCc1ccccc1. The van der Waals surface area contributed by atoms with Crippen LogP contribution in [0.5, 0.6) is 0 Å². The van der Waals surface area contributed by atoms with E-state index in [1.54, 1.807) is 6.20 Å². The van der Waals surface area contributed by atoms with Gasteiger partial charge in [-0.15, -0.1) is 0 Å². The van der Waals surface area contributed by atoms with E-state index in [4.69, 9.17) is 4.74 Å². The number of carbonyl (C=O) groups is 1. The largest absolute Gasteiger partial charge is 0.445 e. The van der Waals surface area contributed by atoms with Crippen LogP contribution in [-0.2, 0) is 11.3 Å². The summed E-state index contributed by atoms with van der Waals surface area (Å²) in [5.74, 6) is 0. The summed E-state index contributed by atoms with van der Waals surface area (Å²) >= 11 is 0. The molecule has 0 radical (unpaired) electrons. The highest BCUT2D eigenvalue weighted by atomic mass is 16.5. The molecule has 0 aliphatic carbocycles. The third-order valence-electron chi connectivity index (χ3n) is 3.77. The van der Waals surface area contributed by atoms with Crippen LogP contribution >= 0.6 is 0 Å². The normalized spacial score (nSPS) is 10.9. The number of rotatable bonds is 6. The molecule has 0 unspecified atom stereocenters. The summed E-state index contributed by atoms with van der Waals surface area (Å²) in [7, 11) is 0. The summed E-state index contributed by atoms with van der Waals surface area (Å²) < 4.78 is 5.16. The van der Waals surface area contributed by atoms with Crippen LogP contribution in [-0.4, -0.2) is 17.6 Å². The number of pyridine rings is 1. The Bertz CT molecular complexity index is 860. The molecule has 3 rings (SSSR count). The van der Waals surface area contributed by atoms with E-state index >= 15 is 0 Å². The summed E-state index contributed by atoms with van der Waals surface area (Å²) in [5, 5.41) is 5.04. The lowest BCUT2D eigenvalue weighted by Crippen LogP contribution is -2.24. The van der Waals surface area contributed by atoms with Crippen LogP contribution in [0, 0.1) is 0 Å². The molecule has 1 heterocycles. The number of carbonyl (C=O) groups excluding carboxylic acids is 1. The number of alkyl carbamates (subject to hydrolysis) is 1. The average Bonchev–Trinajstić information content (AvgIpc) is 2.67. The van der Waals surface area contributed by atoms with Gasteiger partial charge >= 0.3 is 6.09 Å². The molecule has 0 bridgehead atoms. The number of nitrogens with one attached hydrogen (secondary N) is 1. The van der Waals surface area contributed by atoms with Crippen molar-refractivity contribution in [3.8, 4) is 0 Å². The summed E-state index contributed by atoms with van der Waals surface area (Å²) in [6.45, 7) is 0.829. The maximum Gasteiger partial charge on any atom is 0.407 e. The monoisotopic (exact) mass is 332 g/mol. The first-order chi connectivity index (χ1) is 12.3. The topological polar surface area (TPSA) is 51.2 Å². The van der Waals surface area contributed by atoms with Crippen LogP contribution < -0.4 is 5.32 Å². The Balaban J connectivity index is 1.39. The smallest absolute Gasteiger partial charge is 0.407 e. The van der Waals surface area contributed by atoms with E-state index < -0.39 is 6.09 Å². The molecule has 1 amide bonds. The minimum atomic E-state index is -0.393. The lowest BCUT2D eigenvalue weighted by atomic mass is 10.1. The zero-order chi connectivity index (χ0) is 17.3. The van der Waals surface area contributed by atoms with E-state index in [2.05, 4.69) is 34.6 Å². The number of aromatic nitrogens is 1. The Morgan fingerprint density at radius 1 is 1.08 bits per heavy atom. The third kappa shape index (κ3) is 5.18. The Morgan fingerprint density at radius 2 is 1.96 bits per heavy atom. The number of hydrogen-bond donors (Lipinski definition) is 1. The minimum Gasteiger partial charge on any atom is -0.445 e. The molecule has 1 aromatic heterocycles. The molecule has 4 heteroatoms. The second kappa shape index (κ2) is 8.64. The van der Waals surface area contributed by atoms with Crippen molar-refractivity contribution >= 4 is 22.9 Å². The highest BCUT2D eigenvalue weighted by molar-refractivity contribution is 5.83. The van der Waals surface area contributed by atoms with Crippen molar-refractivity contribution in [2.45, 2.75) is 13.0 Å². The van der Waals surface area contributed by atoms with Gasteiger partial charge in [0.05, 0.1) is 0 Å². The highest BCUT2D eigenvalue weighted by Gasteiger charge is 2.00. The first-order valence-corrected chi connectivity index (χ1v) is 8.26. The fraction of sp³-hybridized carbons (Fsp3) is 0.143. The molecule has 0 fully saturated rings.